The monoisotopic (exact) mass is 389 g/mol. The van der Waals surface area contributed by atoms with E-state index in [9.17, 15) is 9.59 Å². The number of fused-ring (bicyclic) bond motifs is 2. The molecule has 0 radical (unpaired) electrons. The van der Waals surface area contributed by atoms with Gasteiger partial charge in [-0.1, -0.05) is 15.9 Å². The summed E-state index contributed by atoms with van der Waals surface area (Å²) in [5, 5.41) is 2.74. The van der Waals surface area contributed by atoms with E-state index in [-0.39, 0.29) is 30.3 Å². The van der Waals surface area contributed by atoms with Crippen LogP contribution in [0, 0.1) is 0 Å². The molecular weight excluding hydrogens is 374 g/mol. The Bertz CT molecular complexity index is 799. The molecule has 6 nitrogen and oxygen atoms in total. The van der Waals surface area contributed by atoms with Crippen LogP contribution in [0.15, 0.2) is 39.5 Å². The quantitative estimate of drug-likeness (QED) is 0.869. The predicted octanol–water partition coefficient (Wildman–Crippen LogP) is 2.24. The number of carbonyl (C=O) groups is 2. The highest BCUT2D eigenvalue weighted by Gasteiger charge is 2.51. The van der Waals surface area contributed by atoms with E-state index in [4.69, 9.17) is 4.42 Å². The minimum atomic E-state index is -0.210. The lowest BCUT2D eigenvalue weighted by atomic mass is 9.86. The summed E-state index contributed by atoms with van der Waals surface area (Å²) in [5.41, 5.74) is 1.84. The van der Waals surface area contributed by atoms with Gasteiger partial charge in [0.1, 0.15) is 6.26 Å². The first-order chi connectivity index (χ1) is 11.6. The zero-order valence-electron chi connectivity index (χ0n) is 12.9. The zero-order valence-corrected chi connectivity index (χ0v) is 14.5. The number of oxazole rings is 1. The van der Waals surface area contributed by atoms with Crippen LogP contribution >= 0.6 is 15.9 Å². The third-order valence-electron chi connectivity index (χ3n) is 4.67. The Morgan fingerprint density at radius 3 is 2.96 bits per heavy atom. The van der Waals surface area contributed by atoms with Crippen LogP contribution < -0.4 is 5.32 Å². The number of nitrogens with one attached hydrogen (secondary N) is 1. The Hall–Kier alpha value is -2.15. The smallest absolute Gasteiger partial charge is 0.254 e. The van der Waals surface area contributed by atoms with Gasteiger partial charge in [0.05, 0.1) is 19.3 Å². The maximum atomic E-state index is 12.7. The van der Waals surface area contributed by atoms with Crippen LogP contribution in [0.2, 0.25) is 0 Å². The molecule has 0 saturated heterocycles. The molecule has 1 spiro atoms. The van der Waals surface area contributed by atoms with Gasteiger partial charge in [-0.05, 0) is 36.6 Å². The first-order valence-electron chi connectivity index (χ1n) is 7.82. The fourth-order valence-electron chi connectivity index (χ4n) is 3.28. The van der Waals surface area contributed by atoms with E-state index < -0.39 is 0 Å². The molecule has 24 heavy (non-hydrogen) atoms. The van der Waals surface area contributed by atoms with Crippen molar-refractivity contribution in [3.63, 3.8) is 0 Å². The molecule has 1 aromatic heterocycles. The normalized spacial score (nSPS) is 17.7. The zero-order chi connectivity index (χ0) is 16.7. The third-order valence-corrected chi connectivity index (χ3v) is 5.17. The number of halogens is 1. The van der Waals surface area contributed by atoms with Gasteiger partial charge in [0.15, 0.2) is 0 Å². The Labute approximate surface area is 147 Å². The molecule has 1 aliphatic heterocycles. The maximum absolute atomic E-state index is 12.7. The molecule has 7 heteroatoms. The van der Waals surface area contributed by atoms with Gasteiger partial charge < -0.3 is 14.6 Å². The van der Waals surface area contributed by atoms with E-state index in [1.807, 2.05) is 18.2 Å². The summed E-state index contributed by atoms with van der Waals surface area (Å²) in [5.74, 6) is 0.154. The van der Waals surface area contributed by atoms with Crippen molar-refractivity contribution in [2.24, 2.45) is 0 Å². The van der Waals surface area contributed by atoms with Crippen LogP contribution in [0.3, 0.4) is 0 Å². The molecule has 124 valence electrons. The predicted molar refractivity (Wildman–Crippen MR) is 89.3 cm³/mol. The molecule has 0 unspecified atom stereocenters. The summed E-state index contributed by atoms with van der Waals surface area (Å²) in [7, 11) is 0. The number of hydrogen-bond acceptors (Lipinski definition) is 4. The first kappa shape index (κ1) is 15.4. The van der Waals surface area contributed by atoms with Crippen LogP contribution in [0.1, 0.15) is 34.7 Å². The SMILES string of the molecule is O=C(CN1CC2(CC2)c2cc(Br)ccc2C1=O)NCc1ncco1. The van der Waals surface area contributed by atoms with Crippen molar-refractivity contribution in [1.29, 1.82) is 0 Å². The highest BCUT2D eigenvalue weighted by atomic mass is 79.9. The molecule has 2 aromatic rings. The number of rotatable bonds is 4. The molecule has 1 saturated carbocycles. The molecule has 1 N–H and O–H groups in total. The van der Waals surface area contributed by atoms with Gasteiger partial charge in [0.2, 0.25) is 11.8 Å². The van der Waals surface area contributed by atoms with E-state index >= 15 is 0 Å². The van der Waals surface area contributed by atoms with Crippen LogP contribution in [-0.2, 0) is 16.8 Å². The standard InChI is InChI=1S/C17H16BrN3O3/c18-11-1-2-12-13(7-11)17(3-4-17)10-21(16(12)23)9-14(22)20-8-15-19-5-6-24-15/h1-2,5-7H,3-4,8-10H2,(H,20,22). The minimum Gasteiger partial charge on any atom is -0.447 e. The lowest BCUT2D eigenvalue weighted by Gasteiger charge is -2.34. The lowest BCUT2D eigenvalue weighted by molar-refractivity contribution is -0.122. The highest BCUT2D eigenvalue weighted by molar-refractivity contribution is 9.10. The summed E-state index contributed by atoms with van der Waals surface area (Å²) < 4.78 is 6.07. The summed E-state index contributed by atoms with van der Waals surface area (Å²) in [4.78, 5) is 30.5. The molecule has 4 rings (SSSR count). The number of aromatic nitrogens is 1. The van der Waals surface area contributed by atoms with Crippen molar-refractivity contribution < 1.29 is 14.0 Å². The minimum absolute atomic E-state index is 0.0237. The topological polar surface area (TPSA) is 75.4 Å². The summed E-state index contributed by atoms with van der Waals surface area (Å²) in [6, 6.07) is 5.76. The van der Waals surface area contributed by atoms with Gasteiger partial charge in [-0.25, -0.2) is 4.98 Å². The molecule has 1 aromatic carbocycles. The van der Waals surface area contributed by atoms with Gasteiger partial charge >= 0.3 is 0 Å². The van der Waals surface area contributed by atoms with Crippen molar-refractivity contribution in [3.8, 4) is 0 Å². The molecule has 2 amide bonds. The van der Waals surface area contributed by atoms with E-state index in [1.165, 1.54) is 12.5 Å². The summed E-state index contributed by atoms with van der Waals surface area (Å²) in [6.07, 6.45) is 5.10. The number of carbonyl (C=O) groups excluding carboxylic acids is 2. The molecule has 2 aliphatic rings. The van der Waals surface area contributed by atoms with Crippen LogP contribution in [0.25, 0.3) is 0 Å². The average molecular weight is 390 g/mol. The Balaban J connectivity index is 1.48. The molecule has 0 atom stereocenters. The van der Waals surface area contributed by atoms with Crippen molar-refractivity contribution in [2.45, 2.75) is 24.8 Å². The molecule has 1 aliphatic carbocycles. The number of nitrogens with zero attached hydrogens (tertiary/aromatic N) is 2. The van der Waals surface area contributed by atoms with Crippen LogP contribution in [0.5, 0.6) is 0 Å². The van der Waals surface area contributed by atoms with Gasteiger partial charge in [-0.3, -0.25) is 9.59 Å². The van der Waals surface area contributed by atoms with Crippen LogP contribution in [-0.4, -0.2) is 34.8 Å². The second-order valence-corrected chi connectivity index (χ2v) is 7.25. The van der Waals surface area contributed by atoms with Crippen molar-refractivity contribution in [1.82, 2.24) is 15.2 Å². The van der Waals surface area contributed by atoms with Gasteiger partial charge in [-0.2, -0.15) is 0 Å². The molecule has 1 fully saturated rings. The van der Waals surface area contributed by atoms with Crippen molar-refractivity contribution in [2.75, 3.05) is 13.1 Å². The molecule has 2 heterocycles. The average Bonchev–Trinajstić information content (AvgIpc) is 3.14. The fourth-order valence-corrected chi connectivity index (χ4v) is 3.65. The van der Waals surface area contributed by atoms with E-state index in [0.29, 0.717) is 18.0 Å². The lowest BCUT2D eigenvalue weighted by Crippen LogP contribution is -2.47. The van der Waals surface area contributed by atoms with Gasteiger partial charge in [0, 0.05) is 22.0 Å². The number of amides is 2. The maximum Gasteiger partial charge on any atom is 0.254 e. The Kier molecular flexibility index (Phi) is 3.68. The number of benzene rings is 1. The molecular formula is C17H16BrN3O3. The Morgan fingerprint density at radius 1 is 1.42 bits per heavy atom. The van der Waals surface area contributed by atoms with Gasteiger partial charge in [0.25, 0.3) is 5.91 Å². The fraction of sp³-hybridized carbons (Fsp3) is 0.353. The van der Waals surface area contributed by atoms with E-state index in [2.05, 4.69) is 26.2 Å². The van der Waals surface area contributed by atoms with E-state index in [0.717, 1.165) is 22.9 Å². The summed E-state index contributed by atoms with van der Waals surface area (Å²) in [6.45, 7) is 0.876. The van der Waals surface area contributed by atoms with E-state index in [1.54, 1.807) is 4.90 Å². The van der Waals surface area contributed by atoms with Gasteiger partial charge in [-0.15, -0.1) is 0 Å². The largest absolute Gasteiger partial charge is 0.447 e. The van der Waals surface area contributed by atoms with Crippen molar-refractivity contribution >= 4 is 27.7 Å². The highest BCUT2D eigenvalue weighted by Crippen LogP contribution is 2.52. The van der Waals surface area contributed by atoms with Crippen LogP contribution in [0.4, 0.5) is 0 Å². The third kappa shape index (κ3) is 2.73. The van der Waals surface area contributed by atoms with Crippen molar-refractivity contribution in [3.05, 3.63) is 52.1 Å². The molecule has 0 bridgehead atoms. The second kappa shape index (κ2) is 5.73. The summed E-state index contributed by atoms with van der Waals surface area (Å²) >= 11 is 3.48. The first-order valence-corrected chi connectivity index (χ1v) is 8.61. The second-order valence-electron chi connectivity index (χ2n) is 6.33. The number of hydrogen-bond donors (Lipinski definition) is 1. The Morgan fingerprint density at radius 2 is 2.25 bits per heavy atom.